The lowest BCUT2D eigenvalue weighted by molar-refractivity contribution is 0.0148. The Kier molecular flexibility index (Phi) is 5.84. The number of halogens is 1. The number of fused-ring (bicyclic) bond motifs is 3. The van der Waals surface area contributed by atoms with Gasteiger partial charge >= 0.3 is 6.09 Å². The average molecular weight is 475 g/mol. The minimum absolute atomic E-state index is 0.228. The van der Waals surface area contributed by atoms with Crippen LogP contribution in [0.4, 0.5) is 10.6 Å². The Hall–Kier alpha value is -2.39. The van der Waals surface area contributed by atoms with Crippen molar-refractivity contribution in [3.8, 4) is 0 Å². The van der Waals surface area contributed by atoms with Crippen molar-refractivity contribution < 1.29 is 9.53 Å². The van der Waals surface area contributed by atoms with Crippen molar-refractivity contribution in [3.63, 3.8) is 0 Å². The number of rotatable bonds is 4. The maximum Gasteiger partial charge on any atom is 0.410 e. The van der Waals surface area contributed by atoms with E-state index in [9.17, 15) is 4.79 Å². The molecular formula is C21H27BrN6O2. The van der Waals surface area contributed by atoms with E-state index in [0.717, 1.165) is 58.4 Å². The third-order valence-corrected chi connectivity index (χ3v) is 5.59. The van der Waals surface area contributed by atoms with Gasteiger partial charge in [-0.05, 0) is 39.0 Å². The monoisotopic (exact) mass is 474 g/mol. The number of nitrogens with one attached hydrogen (secondary N) is 2. The number of hydrogen-bond donors (Lipinski definition) is 2. The van der Waals surface area contributed by atoms with E-state index >= 15 is 0 Å². The molecule has 1 fully saturated rings. The largest absolute Gasteiger partial charge is 0.444 e. The van der Waals surface area contributed by atoms with E-state index in [0.29, 0.717) is 13.1 Å². The van der Waals surface area contributed by atoms with E-state index in [2.05, 4.69) is 47.2 Å². The van der Waals surface area contributed by atoms with E-state index in [4.69, 9.17) is 4.74 Å². The first-order chi connectivity index (χ1) is 14.3. The van der Waals surface area contributed by atoms with E-state index in [1.165, 1.54) is 0 Å². The van der Waals surface area contributed by atoms with Gasteiger partial charge in [-0.3, -0.25) is 4.90 Å². The summed E-state index contributed by atoms with van der Waals surface area (Å²) in [6.45, 7) is 10.3. The molecule has 0 aliphatic carbocycles. The lowest BCUT2D eigenvalue weighted by Gasteiger charge is -2.35. The normalized spacial score (nSPS) is 15.7. The van der Waals surface area contributed by atoms with Crippen LogP contribution in [0.5, 0.6) is 0 Å². The lowest BCUT2D eigenvalue weighted by Crippen LogP contribution is -2.50. The second-order valence-corrected chi connectivity index (χ2v) is 9.41. The van der Waals surface area contributed by atoms with Crippen LogP contribution in [0.3, 0.4) is 0 Å². The molecule has 0 spiro atoms. The van der Waals surface area contributed by atoms with E-state index in [1.54, 1.807) is 11.2 Å². The standard InChI is InChI=1S/C21H27BrN6O2/c1-21(2,3)30-20(29)28-10-8-27(9-11-28)7-6-23-18-17-15-12-14(22)4-5-16(15)26-19(17)25-13-24-18/h4-5,12-13H,6-11H2,1-3H3,(H2,23,24,25,26). The molecule has 2 N–H and O–H groups in total. The summed E-state index contributed by atoms with van der Waals surface area (Å²) in [4.78, 5) is 28.5. The molecule has 3 aromatic rings. The first kappa shape index (κ1) is 20.9. The van der Waals surface area contributed by atoms with E-state index in [-0.39, 0.29) is 6.09 Å². The maximum absolute atomic E-state index is 12.2. The number of H-pyrrole nitrogens is 1. The molecule has 0 saturated carbocycles. The van der Waals surface area contributed by atoms with Crippen molar-refractivity contribution in [2.75, 3.05) is 44.6 Å². The molecule has 30 heavy (non-hydrogen) atoms. The Morgan fingerprint density at radius 1 is 1.23 bits per heavy atom. The number of carbonyl (C=O) groups excluding carboxylic acids is 1. The quantitative estimate of drug-likeness (QED) is 0.597. The second kappa shape index (κ2) is 8.39. The van der Waals surface area contributed by atoms with Crippen LogP contribution in [0.15, 0.2) is 29.0 Å². The Bertz CT molecular complexity index is 1050. The number of piperazine rings is 1. The van der Waals surface area contributed by atoms with Gasteiger partial charge in [-0.25, -0.2) is 14.8 Å². The number of nitrogens with zero attached hydrogens (tertiary/aromatic N) is 4. The van der Waals surface area contributed by atoms with Crippen molar-refractivity contribution in [2.24, 2.45) is 0 Å². The van der Waals surface area contributed by atoms with E-state index in [1.807, 2.05) is 32.9 Å². The molecule has 1 saturated heterocycles. The summed E-state index contributed by atoms with van der Waals surface area (Å²) in [5.41, 5.74) is 1.40. The number of carbonyl (C=O) groups is 1. The van der Waals surface area contributed by atoms with Crippen LogP contribution < -0.4 is 5.32 Å². The fourth-order valence-corrected chi connectivity index (χ4v) is 4.00. The van der Waals surface area contributed by atoms with Crippen LogP contribution in [0.1, 0.15) is 20.8 Å². The highest BCUT2D eigenvalue weighted by Crippen LogP contribution is 2.30. The van der Waals surface area contributed by atoms with Crippen molar-refractivity contribution in [1.82, 2.24) is 24.8 Å². The van der Waals surface area contributed by atoms with Crippen LogP contribution in [-0.2, 0) is 4.74 Å². The highest BCUT2D eigenvalue weighted by Gasteiger charge is 2.25. The topological polar surface area (TPSA) is 86.4 Å². The highest BCUT2D eigenvalue weighted by atomic mass is 79.9. The molecule has 2 aromatic heterocycles. The zero-order chi connectivity index (χ0) is 21.3. The van der Waals surface area contributed by atoms with Crippen molar-refractivity contribution in [3.05, 3.63) is 29.0 Å². The molecule has 0 unspecified atom stereocenters. The van der Waals surface area contributed by atoms with Gasteiger partial charge in [0.2, 0.25) is 0 Å². The summed E-state index contributed by atoms with van der Waals surface area (Å²) in [7, 11) is 0. The number of amides is 1. The van der Waals surface area contributed by atoms with Crippen LogP contribution in [0.2, 0.25) is 0 Å². The number of aromatic amines is 1. The van der Waals surface area contributed by atoms with Gasteiger partial charge < -0.3 is 19.9 Å². The van der Waals surface area contributed by atoms with Gasteiger partial charge in [0.25, 0.3) is 0 Å². The SMILES string of the molecule is CC(C)(C)OC(=O)N1CCN(CCNc2ncnc3[nH]c4ccc(Br)cc4c23)CC1. The van der Waals surface area contributed by atoms with Crippen molar-refractivity contribution in [2.45, 2.75) is 26.4 Å². The molecule has 8 nitrogen and oxygen atoms in total. The molecular weight excluding hydrogens is 448 g/mol. The molecule has 1 aromatic carbocycles. The zero-order valence-corrected chi connectivity index (χ0v) is 19.1. The highest BCUT2D eigenvalue weighted by molar-refractivity contribution is 9.10. The summed E-state index contributed by atoms with van der Waals surface area (Å²) in [6.07, 6.45) is 1.35. The Morgan fingerprint density at radius 3 is 2.73 bits per heavy atom. The molecule has 1 aliphatic rings. The van der Waals surface area contributed by atoms with Crippen LogP contribution in [0.25, 0.3) is 21.9 Å². The summed E-state index contributed by atoms with van der Waals surface area (Å²) in [6, 6.07) is 6.13. The third kappa shape index (κ3) is 4.67. The van der Waals surface area contributed by atoms with E-state index < -0.39 is 5.60 Å². The predicted molar refractivity (Wildman–Crippen MR) is 122 cm³/mol. The Morgan fingerprint density at radius 2 is 2.00 bits per heavy atom. The molecule has 1 amide bonds. The fraction of sp³-hybridized carbons (Fsp3) is 0.476. The lowest BCUT2D eigenvalue weighted by atomic mass is 10.2. The molecule has 0 radical (unpaired) electrons. The Balaban J connectivity index is 1.34. The number of benzene rings is 1. The summed E-state index contributed by atoms with van der Waals surface area (Å²) < 4.78 is 6.49. The average Bonchev–Trinajstić information content (AvgIpc) is 3.06. The third-order valence-electron chi connectivity index (χ3n) is 5.10. The molecule has 0 atom stereocenters. The van der Waals surface area contributed by atoms with Crippen molar-refractivity contribution in [1.29, 1.82) is 0 Å². The second-order valence-electron chi connectivity index (χ2n) is 8.50. The number of aromatic nitrogens is 3. The number of hydrogen-bond acceptors (Lipinski definition) is 6. The summed E-state index contributed by atoms with van der Waals surface area (Å²) in [5.74, 6) is 0.830. The summed E-state index contributed by atoms with van der Waals surface area (Å²) >= 11 is 3.54. The van der Waals surface area contributed by atoms with Gasteiger partial charge in [0.05, 0.1) is 5.39 Å². The predicted octanol–water partition coefficient (Wildman–Crippen LogP) is 3.84. The maximum atomic E-state index is 12.2. The molecule has 4 rings (SSSR count). The first-order valence-electron chi connectivity index (χ1n) is 10.2. The molecule has 9 heteroatoms. The Labute approximate surface area is 184 Å². The smallest absolute Gasteiger partial charge is 0.410 e. The minimum atomic E-state index is -0.459. The van der Waals surface area contributed by atoms with Gasteiger partial charge in [-0.1, -0.05) is 15.9 Å². The zero-order valence-electron chi connectivity index (χ0n) is 17.5. The molecule has 160 valence electrons. The fourth-order valence-electron chi connectivity index (χ4n) is 3.64. The molecule has 3 heterocycles. The number of anilines is 1. The van der Waals surface area contributed by atoms with Gasteiger partial charge in [-0.15, -0.1) is 0 Å². The van der Waals surface area contributed by atoms with Gasteiger partial charge in [0.1, 0.15) is 23.4 Å². The van der Waals surface area contributed by atoms with Gasteiger partial charge in [0.15, 0.2) is 0 Å². The van der Waals surface area contributed by atoms with Crippen molar-refractivity contribution >= 4 is 49.8 Å². The first-order valence-corrected chi connectivity index (χ1v) is 11.0. The van der Waals surface area contributed by atoms with Crippen LogP contribution in [-0.4, -0.2) is 75.7 Å². The molecule has 0 bridgehead atoms. The van der Waals surface area contributed by atoms with Crippen LogP contribution >= 0.6 is 15.9 Å². The minimum Gasteiger partial charge on any atom is -0.444 e. The summed E-state index contributed by atoms with van der Waals surface area (Å²) in [5, 5.41) is 5.56. The van der Waals surface area contributed by atoms with Gasteiger partial charge in [0, 0.05) is 54.6 Å². The number of ether oxygens (including phenoxy) is 1. The van der Waals surface area contributed by atoms with Gasteiger partial charge in [-0.2, -0.15) is 0 Å². The molecule has 1 aliphatic heterocycles. The van der Waals surface area contributed by atoms with Crippen LogP contribution in [0, 0.1) is 0 Å².